The van der Waals surface area contributed by atoms with Gasteiger partial charge in [-0.1, -0.05) is 26.0 Å². The van der Waals surface area contributed by atoms with Gasteiger partial charge in [-0.2, -0.15) is 4.31 Å². The number of nitro groups is 1. The summed E-state index contributed by atoms with van der Waals surface area (Å²) < 4.78 is 32.8. The highest BCUT2D eigenvalue weighted by molar-refractivity contribution is 7.89. The van der Waals surface area contributed by atoms with Crippen LogP contribution >= 0.6 is 0 Å². The number of hydrogen-bond acceptors (Lipinski definition) is 7. The van der Waals surface area contributed by atoms with Gasteiger partial charge in [0.2, 0.25) is 10.0 Å². The number of ketones is 1. The molecular weight excluding hydrogens is 414 g/mol. The quantitative estimate of drug-likeness (QED) is 0.303. The molecule has 0 aliphatic heterocycles. The molecule has 10 nitrogen and oxygen atoms in total. The molecule has 2 aromatic carbocycles. The molecule has 0 saturated carbocycles. The van der Waals surface area contributed by atoms with Crippen LogP contribution in [0.4, 0.5) is 5.69 Å². The van der Waals surface area contributed by atoms with Crippen LogP contribution in [0.3, 0.4) is 0 Å². The number of carbonyl (C=O) groups excluding carboxylic acids is 1. The summed E-state index contributed by atoms with van der Waals surface area (Å²) in [6, 6.07) is 9.18. The molecule has 1 heterocycles. The zero-order valence-corrected chi connectivity index (χ0v) is 17.1. The lowest BCUT2D eigenvalue weighted by molar-refractivity contribution is -0.384. The molecule has 0 unspecified atom stereocenters. The summed E-state index contributed by atoms with van der Waals surface area (Å²) in [5.41, 5.74) is 0.111. The number of nitrogens with zero attached hydrogens (tertiary/aromatic N) is 3. The van der Waals surface area contributed by atoms with Gasteiger partial charge < -0.3 is 4.42 Å². The monoisotopic (exact) mass is 433 g/mol. The Kier molecular flexibility index (Phi) is 5.85. The minimum atomic E-state index is -3.74. The van der Waals surface area contributed by atoms with Crippen molar-refractivity contribution in [1.29, 1.82) is 0 Å². The van der Waals surface area contributed by atoms with E-state index >= 15 is 0 Å². The lowest BCUT2D eigenvalue weighted by Gasteiger charge is -2.18. The first kappa shape index (κ1) is 21.4. The summed E-state index contributed by atoms with van der Waals surface area (Å²) in [5.74, 6) is -1.36. The first-order chi connectivity index (χ1) is 14.2. The summed E-state index contributed by atoms with van der Waals surface area (Å²) >= 11 is 0. The fourth-order valence-corrected chi connectivity index (χ4v) is 4.57. The number of aromatic nitrogens is 1. The lowest BCUT2D eigenvalue weighted by atomic mass is 10.1. The highest BCUT2D eigenvalue weighted by Crippen LogP contribution is 2.22. The number of fused-ring (bicyclic) bond motifs is 1. The van der Waals surface area contributed by atoms with Crippen molar-refractivity contribution < 1.29 is 22.6 Å². The van der Waals surface area contributed by atoms with Crippen molar-refractivity contribution in [2.75, 3.05) is 13.1 Å². The third kappa shape index (κ3) is 3.89. The normalized spacial score (nSPS) is 11.8. The summed E-state index contributed by atoms with van der Waals surface area (Å²) in [6.07, 6.45) is 0. The van der Waals surface area contributed by atoms with Gasteiger partial charge in [0.15, 0.2) is 11.4 Å². The van der Waals surface area contributed by atoms with E-state index in [1.807, 2.05) is 0 Å². The Morgan fingerprint density at radius 3 is 2.50 bits per heavy atom. The Bertz CT molecular complexity index is 1290. The van der Waals surface area contributed by atoms with Gasteiger partial charge in [0, 0.05) is 36.9 Å². The van der Waals surface area contributed by atoms with E-state index in [1.54, 1.807) is 13.8 Å². The number of non-ortho nitro benzene ring substituents is 1. The van der Waals surface area contributed by atoms with E-state index in [0.717, 1.165) is 10.6 Å². The molecule has 30 heavy (non-hydrogen) atoms. The van der Waals surface area contributed by atoms with E-state index in [2.05, 4.69) is 0 Å². The molecule has 0 amide bonds. The first-order valence-electron chi connectivity index (χ1n) is 9.10. The zero-order valence-electron chi connectivity index (χ0n) is 16.3. The van der Waals surface area contributed by atoms with Crippen molar-refractivity contribution in [3.63, 3.8) is 0 Å². The van der Waals surface area contributed by atoms with Crippen LogP contribution in [0.5, 0.6) is 0 Å². The van der Waals surface area contributed by atoms with Gasteiger partial charge in [0.1, 0.15) is 0 Å². The van der Waals surface area contributed by atoms with Crippen LogP contribution in [0, 0.1) is 10.1 Å². The number of Topliss-reactive ketones (excluding diaryl/α,β-unsaturated/α-hetero) is 1. The number of carbonyl (C=O) groups is 1. The highest BCUT2D eigenvalue weighted by Gasteiger charge is 2.24. The highest BCUT2D eigenvalue weighted by atomic mass is 32.2. The maximum Gasteiger partial charge on any atom is 0.420 e. The van der Waals surface area contributed by atoms with Crippen LogP contribution in [0.1, 0.15) is 24.2 Å². The Morgan fingerprint density at radius 1 is 1.17 bits per heavy atom. The third-order valence-corrected chi connectivity index (χ3v) is 6.71. The van der Waals surface area contributed by atoms with Gasteiger partial charge in [-0.25, -0.2) is 13.2 Å². The minimum Gasteiger partial charge on any atom is -0.408 e. The minimum absolute atomic E-state index is 0.0235. The maximum absolute atomic E-state index is 12.7. The molecule has 0 aliphatic carbocycles. The van der Waals surface area contributed by atoms with Gasteiger partial charge in [-0.05, 0) is 12.1 Å². The lowest BCUT2D eigenvalue weighted by Crippen LogP contribution is -2.30. The molecule has 1 aromatic heterocycles. The number of hydrogen-bond donors (Lipinski definition) is 0. The van der Waals surface area contributed by atoms with Gasteiger partial charge >= 0.3 is 5.76 Å². The largest absolute Gasteiger partial charge is 0.420 e. The van der Waals surface area contributed by atoms with Crippen LogP contribution in [0.25, 0.3) is 11.1 Å². The van der Waals surface area contributed by atoms with Crippen molar-refractivity contribution in [3.05, 3.63) is 68.7 Å². The molecule has 0 N–H and O–H groups in total. The number of benzene rings is 2. The van der Waals surface area contributed by atoms with E-state index in [-0.39, 0.29) is 27.2 Å². The fraction of sp³-hybridized carbons (Fsp3) is 0.263. The maximum atomic E-state index is 12.7. The van der Waals surface area contributed by atoms with Gasteiger partial charge in [0.05, 0.1) is 21.9 Å². The Hall–Kier alpha value is -3.31. The molecule has 0 saturated heterocycles. The van der Waals surface area contributed by atoms with Crippen LogP contribution in [-0.4, -0.2) is 41.1 Å². The molecule has 0 aliphatic rings. The standard InChI is InChI=1S/C19H19N3O7S/c1-3-20(4-2)30(27,28)15-8-9-16-18(11-15)29-19(24)21(16)12-17(23)13-6-5-7-14(10-13)22(25)26/h5-11H,3-4,12H2,1-2H3. The van der Waals surface area contributed by atoms with Crippen LogP contribution < -0.4 is 5.76 Å². The van der Waals surface area contributed by atoms with Crippen LogP contribution in [0.2, 0.25) is 0 Å². The van der Waals surface area contributed by atoms with Crippen molar-refractivity contribution in [2.45, 2.75) is 25.3 Å². The van der Waals surface area contributed by atoms with E-state index in [4.69, 9.17) is 4.42 Å². The fourth-order valence-electron chi connectivity index (χ4n) is 3.10. The molecule has 0 atom stereocenters. The molecule has 3 rings (SSSR count). The van der Waals surface area contributed by atoms with Crippen LogP contribution in [-0.2, 0) is 16.6 Å². The summed E-state index contributed by atoms with van der Waals surface area (Å²) in [6.45, 7) is 3.61. The number of nitro benzene ring substituents is 1. The van der Waals surface area contributed by atoms with Gasteiger partial charge in [-0.15, -0.1) is 0 Å². The molecule has 3 aromatic rings. The molecule has 158 valence electrons. The molecule has 0 fully saturated rings. The summed E-state index contributed by atoms with van der Waals surface area (Å²) in [7, 11) is -3.74. The number of rotatable bonds is 8. The second-order valence-electron chi connectivity index (χ2n) is 6.40. The molecule has 11 heteroatoms. The summed E-state index contributed by atoms with van der Waals surface area (Å²) in [5, 5.41) is 10.9. The molecule has 0 spiro atoms. The predicted molar refractivity (Wildman–Crippen MR) is 108 cm³/mol. The average Bonchev–Trinajstić information content (AvgIpc) is 3.03. The van der Waals surface area contributed by atoms with E-state index in [9.17, 15) is 28.1 Å². The summed E-state index contributed by atoms with van der Waals surface area (Å²) in [4.78, 5) is 35.1. The predicted octanol–water partition coefficient (Wildman–Crippen LogP) is 2.42. The van der Waals surface area contributed by atoms with Crippen molar-refractivity contribution in [3.8, 4) is 0 Å². The Morgan fingerprint density at radius 2 is 1.87 bits per heavy atom. The van der Waals surface area contributed by atoms with Crippen molar-refractivity contribution in [2.24, 2.45) is 0 Å². The number of sulfonamides is 1. The third-order valence-electron chi connectivity index (χ3n) is 4.66. The Labute approximate surface area is 171 Å². The molecular formula is C19H19N3O7S. The molecule has 0 radical (unpaired) electrons. The second-order valence-corrected chi connectivity index (χ2v) is 8.34. The SMILES string of the molecule is CCN(CC)S(=O)(=O)c1ccc2c(c1)oc(=O)n2CC(=O)c1cccc([N+](=O)[O-])c1. The smallest absolute Gasteiger partial charge is 0.408 e. The topological polar surface area (TPSA) is 133 Å². The van der Waals surface area contributed by atoms with Crippen molar-refractivity contribution >= 4 is 32.6 Å². The zero-order chi connectivity index (χ0) is 22.1. The van der Waals surface area contributed by atoms with E-state index in [1.165, 1.54) is 40.7 Å². The van der Waals surface area contributed by atoms with Crippen LogP contribution in [0.15, 0.2) is 56.6 Å². The van der Waals surface area contributed by atoms with E-state index < -0.39 is 33.0 Å². The Balaban J connectivity index is 1.98. The van der Waals surface area contributed by atoms with E-state index in [0.29, 0.717) is 13.1 Å². The van der Waals surface area contributed by atoms with Crippen molar-refractivity contribution in [1.82, 2.24) is 8.87 Å². The van der Waals surface area contributed by atoms with Gasteiger partial charge in [-0.3, -0.25) is 19.5 Å². The molecule has 0 bridgehead atoms. The van der Waals surface area contributed by atoms with Gasteiger partial charge in [0.25, 0.3) is 5.69 Å². The average molecular weight is 433 g/mol. The second kappa shape index (κ2) is 8.20. The number of oxazole rings is 1. The first-order valence-corrected chi connectivity index (χ1v) is 10.5.